The predicted octanol–water partition coefficient (Wildman–Crippen LogP) is 4.08. The maximum absolute atomic E-state index is 12.3. The number of carbonyl (C=O) groups excluding carboxylic acids is 2. The highest BCUT2D eigenvalue weighted by molar-refractivity contribution is 5.96. The Labute approximate surface area is 165 Å². The minimum absolute atomic E-state index is 0.271. The Bertz CT molecular complexity index is 814. The van der Waals surface area contributed by atoms with E-state index in [0.717, 1.165) is 5.56 Å². The molecule has 2 aromatic rings. The van der Waals surface area contributed by atoms with Crippen molar-refractivity contribution in [1.29, 1.82) is 0 Å². The zero-order valence-electron chi connectivity index (χ0n) is 16.9. The van der Waals surface area contributed by atoms with Crippen LogP contribution in [0.25, 0.3) is 0 Å². The lowest BCUT2D eigenvalue weighted by atomic mass is 10.0. The Morgan fingerprint density at radius 2 is 1.71 bits per heavy atom. The summed E-state index contributed by atoms with van der Waals surface area (Å²) in [5, 5.41) is 2.72. The summed E-state index contributed by atoms with van der Waals surface area (Å²) < 4.78 is 15.8. The fraction of sp³-hybridized carbons (Fsp3) is 0.364. The largest absolute Gasteiger partial charge is 0.495 e. The Morgan fingerprint density at radius 1 is 1.04 bits per heavy atom. The van der Waals surface area contributed by atoms with E-state index in [0.29, 0.717) is 23.1 Å². The molecule has 0 aliphatic rings. The number of benzene rings is 2. The maximum Gasteiger partial charge on any atom is 0.344 e. The lowest BCUT2D eigenvalue weighted by Gasteiger charge is -2.16. The summed E-state index contributed by atoms with van der Waals surface area (Å²) in [4.78, 5) is 24.3. The van der Waals surface area contributed by atoms with Crippen LogP contribution < -0.4 is 14.8 Å². The third-order valence-corrected chi connectivity index (χ3v) is 4.19. The molecule has 1 atom stereocenters. The lowest BCUT2D eigenvalue weighted by molar-refractivity contribution is -0.155. The summed E-state index contributed by atoms with van der Waals surface area (Å²) >= 11 is 0. The molecule has 0 aliphatic heterocycles. The van der Waals surface area contributed by atoms with Crippen LogP contribution in [0.3, 0.4) is 0 Å². The van der Waals surface area contributed by atoms with Crippen molar-refractivity contribution in [1.82, 2.24) is 0 Å². The molecule has 6 nitrogen and oxygen atoms in total. The number of nitrogens with one attached hydrogen (secondary N) is 1. The highest BCUT2D eigenvalue weighted by Gasteiger charge is 2.19. The maximum atomic E-state index is 12.3. The molecular weight excluding hydrogens is 358 g/mol. The van der Waals surface area contributed by atoms with Gasteiger partial charge in [0.15, 0.2) is 12.7 Å². The van der Waals surface area contributed by atoms with E-state index in [1.165, 1.54) is 19.6 Å². The van der Waals surface area contributed by atoms with Gasteiger partial charge in [-0.15, -0.1) is 0 Å². The number of aryl methyl sites for hydroxylation is 1. The number of esters is 1. The molecule has 1 amide bonds. The summed E-state index contributed by atoms with van der Waals surface area (Å²) in [5.74, 6) is 0.462. The topological polar surface area (TPSA) is 73.9 Å². The average molecular weight is 385 g/mol. The van der Waals surface area contributed by atoms with E-state index < -0.39 is 18.0 Å². The number of methoxy groups -OCH3 is 1. The highest BCUT2D eigenvalue weighted by Crippen LogP contribution is 2.25. The van der Waals surface area contributed by atoms with Gasteiger partial charge in [0.2, 0.25) is 0 Å². The van der Waals surface area contributed by atoms with Crippen LogP contribution in [0.15, 0.2) is 42.5 Å². The van der Waals surface area contributed by atoms with Crippen molar-refractivity contribution in [2.75, 3.05) is 19.0 Å². The third kappa shape index (κ3) is 6.01. The third-order valence-electron chi connectivity index (χ3n) is 4.19. The first kappa shape index (κ1) is 21.3. The fourth-order valence-electron chi connectivity index (χ4n) is 2.53. The van der Waals surface area contributed by atoms with Crippen LogP contribution in [0, 0.1) is 6.92 Å². The van der Waals surface area contributed by atoms with E-state index in [-0.39, 0.29) is 6.61 Å². The highest BCUT2D eigenvalue weighted by atomic mass is 16.6. The molecule has 28 heavy (non-hydrogen) atoms. The first-order valence-corrected chi connectivity index (χ1v) is 9.18. The number of anilines is 1. The molecule has 0 saturated heterocycles. The summed E-state index contributed by atoms with van der Waals surface area (Å²) in [6.07, 6.45) is -0.968. The van der Waals surface area contributed by atoms with Crippen molar-refractivity contribution >= 4 is 17.6 Å². The molecule has 1 N–H and O–H groups in total. The molecule has 0 unspecified atom stereocenters. The second-order valence-corrected chi connectivity index (χ2v) is 6.84. The molecule has 150 valence electrons. The molecule has 2 rings (SSSR count). The predicted molar refractivity (Wildman–Crippen MR) is 108 cm³/mol. The van der Waals surface area contributed by atoms with Crippen LogP contribution in [0.2, 0.25) is 0 Å². The smallest absolute Gasteiger partial charge is 0.344 e. The minimum Gasteiger partial charge on any atom is -0.495 e. The van der Waals surface area contributed by atoms with Gasteiger partial charge in [0.05, 0.1) is 12.8 Å². The number of rotatable bonds is 8. The standard InChI is InChI=1S/C22H27NO5/c1-14(2)17-7-9-18(10-8-17)27-13-21(24)28-16(4)22(25)23-19-12-15(3)6-11-20(19)26-5/h6-12,14,16H,13H2,1-5H3,(H,23,25)/t16-/m0/s1. The van der Waals surface area contributed by atoms with Crippen molar-refractivity contribution in [2.24, 2.45) is 0 Å². The van der Waals surface area contributed by atoms with Crippen LogP contribution in [-0.4, -0.2) is 31.7 Å². The Hall–Kier alpha value is -3.02. The monoisotopic (exact) mass is 385 g/mol. The van der Waals surface area contributed by atoms with E-state index >= 15 is 0 Å². The van der Waals surface area contributed by atoms with Crippen molar-refractivity contribution in [3.05, 3.63) is 53.6 Å². The second-order valence-electron chi connectivity index (χ2n) is 6.84. The van der Waals surface area contributed by atoms with E-state index in [9.17, 15) is 9.59 Å². The number of amides is 1. The molecule has 0 spiro atoms. The molecule has 0 fully saturated rings. The van der Waals surface area contributed by atoms with Crippen LogP contribution in [-0.2, 0) is 14.3 Å². The van der Waals surface area contributed by atoms with E-state index in [2.05, 4.69) is 19.2 Å². The van der Waals surface area contributed by atoms with Gasteiger partial charge in [0.1, 0.15) is 11.5 Å². The van der Waals surface area contributed by atoms with Gasteiger partial charge >= 0.3 is 5.97 Å². The molecule has 0 saturated carbocycles. The van der Waals surface area contributed by atoms with Gasteiger partial charge in [-0.1, -0.05) is 32.0 Å². The molecule has 0 aromatic heterocycles. The van der Waals surface area contributed by atoms with E-state index in [4.69, 9.17) is 14.2 Å². The van der Waals surface area contributed by atoms with Crippen LogP contribution in [0.5, 0.6) is 11.5 Å². The summed E-state index contributed by atoms with van der Waals surface area (Å²) in [7, 11) is 1.52. The SMILES string of the molecule is COc1ccc(C)cc1NC(=O)[C@H](C)OC(=O)COc1ccc(C(C)C)cc1. The number of hydrogen-bond acceptors (Lipinski definition) is 5. The van der Waals surface area contributed by atoms with Crippen molar-refractivity contribution in [3.8, 4) is 11.5 Å². The molecule has 2 aromatic carbocycles. The van der Waals surface area contributed by atoms with E-state index in [1.807, 2.05) is 37.3 Å². The second kappa shape index (κ2) is 9.78. The number of ether oxygens (including phenoxy) is 3. The van der Waals surface area contributed by atoms with Gasteiger partial charge in [0.25, 0.3) is 5.91 Å². The zero-order valence-corrected chi connectivity index (χ0v) is 16.9. The van der Waals surface area contributed by atoms with Crippen LogP contribution >= 0.6 is 0 Å². The van der Waals surface area contributed by atoms with Crippen molar-refractivity contribution in [2.45, 2.75) is 39.7 Å². The summed E-state index contributed by atoms with van der Waals surface area (Å²) in [6.45, 7) is 7.35. The Kier molecular flexibility index (Phi) is 7.44. The van der Waals surface area contributed by atoms with Gasteiger partial charge in [0, 0.05) is 0 Å². The molecule has 0 heterocycles. The Morgan fingerprint density at radius 3 is 2.32 bits per heavy atom. The first-order chi connectivity index (χ1) is 13.3. The van der Waals surface area contributed by atoms with Gasteiger partial charge < -0.3 is 19.5 Å². The average Bonchev–Trinajstić information content (AvgIpc) is 2.66. The quantitative estimate of drug-likeness (QED) is 0.693. The lowest BCUT2D eigenvalue weighted by Crippen LogP contribution is -2.31. The van der Waals surface area contributed by atoms with Crippen molar-refractivity contribution < 1.29 is 23.8 Å². The molecular formula is C22H27NO5. The zero-order chi connectivity index (χ0) is 20.7. The van der Waals surface area contributed by atoms with Crippen LogP contribution in [0.1, 0.15) is 37.8 Å². The summed E-state index contributed by atoms with van der Waals surface area (Å²) in [5.41, 5.74) is 2.68. The Balaban J connectivity index is 1.86. The van der Waals surface area contributed by atoms with Gasteiger partial charge in [-0.25, -0.2) is 4.79 Å². The van der Waals surface area contributed by atoms with Gasteiger partial charge in [-0.3, -0.25) is 4.79 Å². The summed E-state index contributed by atoms with van der Waals surface area (Å²) in [6, 6.07) is 13.0. The van der Waals surface area contributed by atoms with Gasteiger partial charge in [-0.2, -0.15) is 0 Å². The number of hydrogen-bond donors (Lipinski definition) is 1. The molecule has 0 radical (unpaired) electrons. The first-order valence-electron chi connectivity index (χ1n) is 9.18. The molecule has 6 heteroatoms. The number of carbonyl (C=O) groups is 2. The normalized spacial score (nSPS) is 11.6. The van der Waals surface area contributed by atoms with Crippen molar-refractivity contribution in [3.63, 3.8) is 0 Å². The van der Waals surface area contributed by atoms with E-state index in [1.54, 1.807) is 12.1 Å². The van der Waals surface area contributed by atoms with Gasteiger partial charge in [-0.05, 0) is 55.2 Å². The van der Waals surface area contributed by atoms with Crippen LogP contribution in [0.4, 0.5) is 5.69 Å². The molecule has 0 aliphatic carbocycles. The minimum atomic E-state index is -0.968. The molecule has 0 bridgehead atoms. The fourth-order valence-corrected chi connectivity index (χ4v) is 2.53.